The van der Waals surface area contributed by atoms with Crippen LogP contribution in [0.4, 0.5) is 0 Å². The Hall–Kier alpha value is -2.66. The van der Waals surface area contributed by atoms with Crippen molar-refractivity contribution in [3.05, 3.63) is 29.8 Å². The summed E-state index contributed by atoms with van der Waals surface area (Å²) in [5, 5.41) is 0.645. The van der Waals surface area contributed by atoms with Crippen LogP contribution in [0.2, 0.25) is 0 Å². The van der Waals surface area contributed by atoms with Gasteiger partial charge in [-0.05, 0) is 17.7 Å². The molecule has 0 amide bonds. The summed E-state index contributed by atoms with van der Waals surface area (Å²) < 4.78 is 32.8. The van der Waals surface area contributed by atoms with E-state index >= 15 is 0 Å². The van der Waals surface area contributed by atoms with E-state index in [1.807, 2.05) is 12.1 Å². The molecule has 0 aliphatic carbocycles. The van der Waals surface area contributed by atoms with Crippen molar-refractivity contribution in [2.24, 2.45) is 0 Å². The third-order valence-corrected chi connectivity index (χ3v) is 4.93. The highest BCUT2D eigenvalue weighted by Gasteiger charge is 2.53. The van der Waals surface area contributed by atoms with E-state index in [1.54, 1.807) is 12.1 Å². The van der Waals surface area contributed by atoms with E-state index in [9.17, 15) is 19.2 Å². The maximum absolute atomic E-state index is 11.8. The number of hydrogen-bond acceptors (Lipinski definition) is 10. The van der Waals surface area contributed by atoms with Crippen LogP contribution < -0.4 is 4.74 Å². The molecule has 0 bridgehead atoms. The largest absolute Gasteiger partial charge is 0.463 e. The van der Waals surface area contributed by atoms with Gasteiger partial charge in [0.25, 0.3) is 0 Å². The smallest absolute Gasteiger partial charge is 0.303 e. The maximum Gasteiger partial charge on any atom is 0.303 e. The third kappa shape index (κ3) is 7.49. The Kier molecular flexibility index (Phi) is 9.45. The molecule has 1 aromatic carbocycles. The van der Waals surface area contributed by atoms with Crippen molar-refractivity contribution in [3.63, 3.8) is 0 Å². The quantitative estimate of drug-likeness (QED) is 0.288. The Balaban J connectivity index is 2.42. The molecular formula is C21H25BrO10. The molecule has 2 rings (SSSR count). The molecule has 1 aliphatic heterocycles. The molecule has 0 radical (unpaired) electrons. The van der Waals surface area contributed by atoms with Gasteiger partial charge < -0.3 is 28.4 Å². The Morgan fingerprint density at radius 1 is 0.812 bits per heavy atom. The zero-order valence-corrected chi connectivity index (χ0v) is 19.7. The van der Waals surface area contributed by atoms with Crippen LogP contribution in [0.1, 0.15) is 33.3 Å². The second kappa shape index (κ2) is 11.8. The molecule has 11 heteroatoms. The van der Waals surface area contributed by atoms with Gasteiger partial charge in [-0.2, -0.15) is 0 Å². The molecule has 1 aliphatic rings. The topological polar surface area (TPSA) is 124 Å². The molecule has 1 aromatic rings. The first-order valence-corrected chi connectivity index (χ1v) is 10.8. The SMILES string of the molecule is CC(=O)OC[C@H]1O[C@H](Oc2ccc(CBr)cc2)[C@@H](OC(C)=O)[C@@H](OC(C)=O)[C@@H]1OC(C)=O. The van der Waals surface area contributed by atoms with Gasteiger partial charge in [0.2, 0.25) is 12.4 Å². The number of benzene rings is 1. The third-order valence-electron chi connectivity index (χ3n) is 4.28. The lowest BCUT2D eigenvalue weighted by molar-refractivity contribution is -0.288. The number of carbonyl (C=O) groups excluding carboxylic acids is 4. The zero-order valence-electron chi connectivity index (χ0n) is 18.1. The van der Waals surface area contributed by atoms with Crippen LogP contribution in [-0.4, -0.2) is 61.2 Å². The molecule has 1 fully saturated rings. The zero-order chi connectivity index (χ0) is 23.8. The standard InChI is InChI=1S/C21H25BrO10/c1-11(23)27-10-17-18(28-12(2)24)19(29-13(3)25)20(30-14(4)26)21(32-17)31-16-7-5-15(9-22)6-8-16/h5-8,17-21H,9-10H2,1-4H3/t17-,18-,19+,20+,21+/m1/s1. The van der Waals surface area contributed by atoms with Crippen molar-refractivity contribution in [2.75, 3.05) is 6.61 Å². The van der Waals surface area contributed by atoms with Gasteiger partial charge in [0.05, 0.1) is 0 Å². The number of halogens is 1. The summed E-state index contributed by atoms with van der Waals surface area (Å²) in [5.41, 5.74) is 0.999. The fraction of sp³-hybridized carbons (Fsp3) is 0.524. The van der Waals surface area contributed by atoms with Gasteiger partial charge in [0, 0.05) is 33.0 Å². The fourth-order valence-electron chi connectivity index (χ4n) is 3.07. The van der Waals surface area contributed by atoms with Gasteiger partial charge in [-0.1, -0.05) is 28.1 Å². The van der Waals surface area contributed by atoms with Crippen molar-refractivity contribution < 1.29 is 47.6 Å². The van der Waals surface area contributed by atoms with Crippen LogP contribution in [-0.2, 0) is 48.2 Å². The van der Waals surface area contributed by atoms with Gasteiger partial charge in [-0.25, -0.2) is 0 Å². The Bertz CT molecular complexity index is 824. The minimum Gasteiger partial charge on any atom is -0.463 e. The summed E-state index contributed by atoms with van der Waals surface area (Å²) >= 11 is 3.36. The Labute approximate surface area is 193 Å². The molecule has 0 N–H and O–H groups in total. The summed E-state index contributed by atoms with van der Waals surface area (Å²) in [6, 6.07) is 7.00. The van der Waals surface area contributed by atoms with Gasteiger partial charge in [-0.15, -0.1) is 0 Å². The predicted molar refractivity (Wildman–Crippen MR) is 112 cm³/mol. The van der Waals surface area contributed by atoms with Crippen LogP contribution in [0.3, 0.4) is 0 Å². The minimum atomic E-state index is -1.28. The lowest BCUT2D eigenvalue weighted by Gasteiger charge is -2.43. The number of rotatable bonds is 8. The molecule has 0 saturated carbocycles. The molecule has 32 heavy (non-hydrogen) atoms. The summed E-state index contributed by atoms with van der Waals surface area (Å²) in [7, 11) is 0. The van der Waals surface area contributed by atoms with E-state index in [0.717, 1.165) is 19.4 Å². The first-order valence-electron chi connectivity index (χ1n) is 9.72. The normalized spacial score (nSPS) is 24.7. The molecule has 10 nitrogen and oxygen atoms in total. The average molecular weight is 517 g/mol. The van der Waals surface area contributed by atoms with Crippen molar-refractivity contribution in [1.82, 2.24) is 0 Å². The number of carbonyl (C=O) groups is 4. The summed E-state index contributed by atoms with van der Waals surface area (Å²) in [5.74, 6) is -2.31. The van der Waals surface area contributed by atoms with E-state index in [2.05, 4.69) is 15.9 Å². The first-order chi connectivity index (χ1) is 15.1. The molecular weight excluding hydrogens is 492 g/mol. The summed E-state index contributed by atoms with van der Waals surface area (Å²) in [6.07, 6.45) is -6.10. The van der Waals surface area contributed by atoms with Crippen LogP contribution in [0.25, 0.3) is 0 Å². The second-order valence-corrected chi connectivity index (χ2v) is 7.52. The molecule has 0 unspecified atom stereocenters. The number of hydrogen-bond donors (Lipinski definition) is 0. The molecule has 5 atom stereocenters. The lowest BCUT2D eigenvalue weighted by Crippen LogP contribution is -2.63. The molecule has 1 saturated heterocycles. The monoisotopic (exact) mass is 516 g/mol. The van der Waals surface area contributed by atoms with Crippen LogP contribution in [0.15, 0.2) is 24.3 Å². The van der Waals surface area contributed by atoms with E-state index in [4.69, 9.17) is 28.4 Å². The maximum atomic E-state index is 11.8. The second-order valence-electron chi connectivity index (χ2n) is 6.96. The summed E-state index contributed by atoms with van der Waals surface area (Å²) in [4.78, 5) is 46.7. The van der Waals surface area contributed by atoms with Crippen molar-refractivity contribution in [3.8, 4) is 5.75 Å². The number of ether oxygens (including phenoxy) is 6. The highest BCUT2D eigenvalue weighted by Crippen LogP contribution is 2.31. The Morgan fingerprint density at radius 3 is 1.84 bits per heavy atom. The van der Waals surface area contributed by atoms with Crippen molar-refractivity contribution in [1.29, 1.82) is 0 Å². The molecule has 176 valence electrons. The van der Waals surface area contributed by atoms with Gasteiger partial charge in [-0.3, -0.25) is 19.2 Å². The van der Waals surface area contributed by atoms with E-state index in [1.165, 1.54) is 13.8 Å². The van der Waals surface area contributed by atoms with Gasteiger partial charge >= 0.3 is 23.9 Å². The fourth-order valence-corrected chi connectivity index (χ4v) is 3.45. The molecule has 0 aromatic heterocycles. The summed E-state index contributed by atoms with van der Waals surface area (Å²) in [6.45, 7) is 4.36. The number of alkyl halides is 1. The van der Waals surface area contributed by atoms with Gasteiger partial charge in [0.1, 0.15) is 18.5 Å². The van der Waals surface area contributed by atoms with E-state index < -0.39 is 54.6 Å². The van der Waals surface area contributed by atoms with Gasteiger partial charge in [0.15, 0.2) is 12.2 Å². The van der Waals surface area contributed by atoms with Crippen molar-refractivity contribution in [2.45, 2.75) is 63.7 Å². The lowest BCUT2D eigenvalue weighted by atomic mass is 9.98. The van der Waals surface area contributed by atoms with Crippen LogP contribution in [0, 0.1) is 0 Å². The highest BCUT2D eigenvalue weighted by molar-refractivity contribution is 9.08. The average Bonchev–Trinajstić information content (AvgIpc) is 2.70. The van der Waals surface area contributed by atoms with E-state index in [-0.39, 0.29) is 6.61 Å². The van der Waals surface area contributed by atoms with Crippen LogP contribution in [0.5, 0.6) is 5.75 Å². The molecule has 0 spiro atoms. The van der Waals surface area contributed by atoms with E-state index in [0.29, 0.717) is 11.1 Å². The minimum absolute atomic E-state index is 0.319. The Morgan fingerprint density at radius 2 is 1.34 bits per heavy atom. The van der Waals surface area contributed by atoms with Crippen molar-refractivity contribution >= 4 is 39.8 Å². The predicted octanol–water partition coefficient (Wildman–Crippen LogP) is 2.04. The molecule has 1 heterocycles. The number of esters is 4. The van der Waals surface area contributed by atoms with Crippen LogP contribution >= 0.6 is 15.9 Å². The first kappa shape index (κ1) is 25.6. The highest BCUT2D eigenvalue weighted by atomic mass is 79.9.